The highest BCUT2D eigenvalue weighted by Crippen LogP contribution is 2.37. The molecule has 0 unspecified atom stereocenters. The number of ether oxygens (including phenoxy) is 9. The normalized spacial score (nSPS) is 45.9. The number of hydrogen-bond donors (Lipinski definition) is 5. The highest BCUT2D eigenvalue weighted by Gasteiger charge is 2.52. The number of aldehydes is 1. The number of hydrogen-bond acceptors (Lipinski definition) is 18. The molecule has 0 aliphatic carbocycles. The minimum absolute atomic E-state index is 0.00788. The molecule has 4 aliphatic rings. The number of carbonyl (C=O) groups is 3. The topological polar surface area (TPSA) is 239 Å². The number of methoxy groups -OCH3 is 2. The Morgan fingerprint density at radius 3 is 2.11 bits per heavy atom. The van der Waals surface area contributed by atoms with Gasteiger partial charge in [-0.1, -0.05) is 38.5 Å². The molecular formula is C46H77NO17. The molecule has 3 fully saturated rings. The van der Waals surface area contributed by atoms with E-state index in [0.717, 1.165) is 6.29 Å². The molecule has 0 aromatic heterocycles. The first-order chi connectivity index (χ1) is 30.1. The summed E-state index contributed by atoms with van der Waals surface area (Å²) >= 11 is 0. The monoisotopic (exact) mass is 916 g/mol. The first-order valence-corrected chi connectivity index (χ1v) is 22.7. The fraction of sp³-hybridized carbons (Fsp3) is 0.848. The predicted octanol–water partition coefficient (Wildman–Crippen LogP) is 1.83. The van der Waals surface area contributed by atoms with Crippen molar-refractivity contribution >= 4 is 18.0 Å². The van der Waals surface area contributed by atoms with Crippen LogP contribution >= 0.6 is 0 Å². The van der Waals surface area contributed by atoms with Gasteiger partial charge in [0.15, 0.2) is 24.7 Å². The lowest BCUT2D eigenvalue weighted by molar-refractivity contribution is -0.341. The fourth-order valence-corrected chi connectivity index (χ4v) is 9.51. The van der Waals surface area contributed by atoms with Gasteiger partial charge in [-0.2, -0.15) is 0 Å². The second kappa shape index (κ2) is 24.1. The summed E-state index contributed by atoms with van der Waals surface area (Å²) in [7, 11) is 6.43. The molecule has 18 nitrogen and oxygen atoms in total. The number of ketones is 1. The van der Waals surface area contributed by atoms with Crippen LogP contribution in [0.1, 0.15) is 87.5 Å². The van der Waals surface area contributed by atoms with E-state index >= 15 is 0 Å². The van der Waals surface area contributed by atoms with Gasteiger partial charge in [0.2, 0.25) is 0 Å². The van der Waals surface area contributed by atoms with Crippen LogP contribution in [-0.4, -0.2) is 187 Å². The molecule has 64 heavy (non-hydrogen) atoms. The number of aliphatic hydroxyl groups excluding tert-OH is 4. The van der Waals surface area contributed by atoms with E-state index in [0.29, 0.717) is 12.0 Å². The fourth-order valence-electron chi connectivity index (χ4n) is 9.51. The van der Waals surface area contributed by atoms with Crippen molar-refractivity contribution in [2.75, 3.05) is 34.9 Å². The van der Waals surface area contributed by atoms with E-state index in [9.17, 15) is 39.9 Å². The molecule has 0 aromatic rings. The van der Waals surface area contributed by atoms with Crippen molar-refractivity contribution in [3.05, 3.63) is 23.8 Å². The summed E-state index contributed by atoms with van der Waals surface area (Å²) in [5.74, 6) is -3.59. The molecule has 21 atom stereocenters. The summed E-state index contributed by atoms with van der Waals surface area (Å²) in [6, 6.07) is -0.748. The lowest BCUT2D eigenvalue weighted by Crippen LogP contribution is -2.65. The van der Waals surface area contributed by atoms with Gasteiger partial charge in [0, 0.05) is 44.8 Å². The summed E-state index contributed by atoms with van der Waals surface area (Å²) in [5, 5.41) is 55.8. The van der Waals surface area contributed by atoms with Crippen molar-refractivity contribution in [2.45, 2.75) is 191 Å². The van der Waals surface area contributed by atoms with E-state index in [-0.39, 0.29) is 31.7 Å². The van der Waals surface area contributed by atoms with Crippen molar-refractivity contribution in [2.24, 2.45) is 23.7 Å². The molecular weight excluding hydrogens is 838 g/mol. The number of nitrogens with zero attached hydrogens (tertiary/aromatic N) is 1. The third-order valence-electron chi connectivity index (χ3n) is 13.4. The average Bonchev–Trinajstić information content (AvgIpc) is 3.23. The number of allylic oxidation sites excluding steroid dienone is 3. The molecule has 0 spiro atoms. The standard InChI is InChI=1S/C46H77NO17/c1-13-33-30(22-58-45-42(57-12)41(56-11)37(52)26(5)60-45)18-23(2)14-15-31(49)24(3)19-29(16-17-48)39(25(4)32(50)20-34(51)62-33)64-44-38(53)36(47(9)10)40(27(6)61-44)63-35-21-46(8,55)43(54)28(7)59-35/h14-15,17-18,24-30,32-33,35-45,50,52-55H,13,16,19-22H2,1-12H3/b15-14+,23-18+/t24-,25+,26-,27-,28+,29+,30-,32-,33-,35+,36-,37-,38-,39-,40-,41-,42-,43+,44+,45-,46+/m1/s1. The van der Waals surface area contributed by atoms with E-state index in [1.54, 1.807) is 59.7 Å². The minimum Gasteiger partial charge on any atom is -0.462 e. The third-order valence-corrected chi connectivity index (χ3v) is 13.4. The van der Waals surface area contributed by atoms with Crippen LogP contribution in [-0.2, 0) is 57.0 Å². The molecule has 4 aliphatic heterocycles. The largest absolute Gasteiger partial charge is 0.462 e. The number of likely N-dealkylation sites (N-methyl/N-ethyl adjacent to an activating group) is 1. The number of aliphatic hydroxyl groups is 5. The lowest BCUT2D eigenvalue weighted by atomic mass is 9.79. The van der Waals surface area contributed by atoms with Crippen LogP contribution in [0.25, 0.3) is 0 Å². The van der Waals surface area contributed by atoms with E-state index < -0.39 is 140 Å². The first-order valence-electron chi connectivity index (χ1n) is 22.7. The Balaban J connectivity index is 1.62. The first kappa shape index (κ1) is 54.3. The van der Waals surface area contributed by atoms with Crippen molar-refractivity contribution < 1.29 is 82.5 Å². The summed E-state index contributed by atoms with van der Waals surface area (Å²) in [4.78, 5) is 41.5. The number of esters is 1. The van der Waals surface area contributed by atoms with Crippen LogP contribution in [0.2, 0.25) is 0 Å². The van der Waals surface area contributed by atoms with Gasteiger partial charge in [-0.3, -0.25) is 9.59 Å². The second-order valence-corrected chi connectivity index (χ2v) is 18.7. The van der Waals surface area contributed by atoms with Crippen LogP contribution in [0.15, 0.2) is 23.8 Å². The molecule has 3 saturated heterocycles. The number of carbonyl (C=O) groups excluding carboxylic acids is 3. The summed E-state index contributed by atoms with van der Waals surface area (Å²) in [6.45, 7) is 13.6. The predicted molar refractivity (Wildman–Crippen MR) is 230 cm³/mol. The third kappa shape index (κ3) is 13.5. The van der Waals surface area contributed by atoms with Gasteiger partial charge in [0.25, 0.3) is 0 Å². The van der Waals surface area contributed by atoms with E-state index in [2.05, 4.69) is 0 Å². The van der Waals surface area contributed by atoms with Crippen molar-refractivity contribution in [3.8, 4) is 0 Å². The summed E-state index contributed by atoms with van der Waals surface area (Å²) in [6.07, 6.45) is -8.49. The second-order valence-electron chi connectivity index (χ2n) is 18.7. The molecule has 0 bridgehead atoms. The van der Waals surface area contributed by atoms with E-state index in [1.807, 2.05) is 19.9 Å². The molecule has 4 heterocycles. The Kier molecular flexibility index (Phi) is 20.5. The zero-order valence-corrected chi connectivity index (χ0v) is 39.7. The molecule has 0 amide bonds. The van der Waals surface area contributed by atoms with Crippen LogP contribution in [0.3, 0.4) is 0 Å². The Morgan fingerprint density at radius 2 is 1.52 bits per heavy atom. The van der Waals surface area contributed by atoms with Gasteiger partial charge in [-0.05, 0) is 73.5 Å². The number of cyclic esters (lactones) is 1. The van der Waals surface area contributed by atoms with E-state index in [4.69, 9.17) is 42.6 Å². The van der Waals surface area contributed by atoms with Gasteiger partial charge in [0.05, 0.1) is 55.2 Å². The van der Waals surface area contributed by atoms with Gasteiger partial charge in [0.1, 0.15) is 49.0 Å². The molecule has 368 valence electrons. The van der Waals surface area contributed by atoms with Crippen LogP contribution in [0.5, 0.6) is 0 Å². The zero-order valence-electron chi connectivity index (χ0n) is 39.7. The van der Waals surface area contributed by atoms with Crippen LogP contribution in [0.4, 0.5) is 0 Å². The molecule has 4 rings (SSSR count). The van der Waals surface area contributed by atoms with Crippen molar-refractivity contribution in [1.82, 2.24) is 4.90 Å². The molecule has 0 radical (unpaired) electrons. The number of rotatable bonds is 13. The van der Waals surface area contributed by atoms with Crippen LogP contribution < -0.4 is 0 Å². The maximum absolute atomic E-state index is 13.8. The highest BCUT2D eigenvalue weighted by atomic mass is 16.7. The van der Waals surface area contributed by atoms with Gasteiger partial charge in [-0.25, -0.2) is 0 Å². The van der Waals surface area contributed by atoms with Gasteiger partial charge in [-0.15, -0.1) is 0 Å². The minimum atomic E-state index is -1.49. The molecule has 0 aromatic carbocycles. The highest BCUT2D eigenvalue weighted by molar-refractivity contribution is 5.91. The summed E-state index contributed by atoms with van der Waals surface area (Å²) < 4.78 is 54.7. The quantitative estimate of drug-likeness (QED) is 0.131. The van der Waals surface area contributed by atoms with Gasteiger partial charge < -0.3 is 77.9 Å². The van der Waals surface area contributed by atoms with Crippen molar-refractivity contribution in [3.63, 3.8) is 0 Å². The van der Waals surface area contributed by atoms with Crippen LogP contribution in [0, 0.1) is 23.7 Å². The maximum atomic E-state index is 13.8. The molecule has 0 saturated carbocycles. The Morgan fingerprint density at radius 1 is 0.859 bits per heavy atom. The van der Waals surface area contributed by atoms with Crippen molar-refractivity contribution in [1.29, 1.82) is 0 Å². The zero-order chi connectivity index (χ0) is 47.8. The molecule has 5 N–H and O–H groups in total. The molecule has 18 heteroatoms. The Hall–Kier alpha value is -2.27. The Labute approximate surface area is 378 Å². The Bertz CT molecular complexity index is 1560. The average molecular weight is 916 g/mol. The van der Waals surface area contributed by atoms with Gasteiger partial charge >= 0.3 is 5.97 Å². The lowest BCUT2D eigenvalue weighted by Gasteiger charge is -2.50. The SMILES string of the molecule is CC[C@H]1OC(=O)C[C@@H](O)[C@H](C)[C@@H](O[C@@H]2O[C@H](C)[C@@H](O[C@H]3C[C@](C)(O)[C@@H](O)[C@H](C)O3)[C@H](N(C)C)[C@H]2O)[C@@H](CC=O)C[C@@H](C)C(=O)/C=C/C(C)=C/[C@@H]1CO[C@@H]1O[C@H](C)[C@@H](O)[C@@H](OC)[C@H]1OC. The maximum Gasteiger partial charge on any atom is 0.308 e. The summed E-state index contributed by atoms with van der Waals surface area (Å²) in [5.41, 5.74) is -0.806. The van der Waals surface area contributed by atoms with E-state index in [1.165, 1.54) is 27.2 Å². The smallest absolute Gasteiger partial charge is 0.308 e.